The normalized spacial score (nSPS) is 13.5. The first-order valence-corrected chi connectivity index (χ1v) is 11.4. The lowest BCUT2D eigenvalue weighted by molar-refractivity contribution is -0.157. The van der Waals surface area contributed by atoms with Crippen molar-refractivity contribution in [3.05, 3.63) is 29.8 Å². The Morgan fingerprint density at radius 2 is 1.55 bits per heavy atom. The Bertz CT molecular complexity index is 906. The number of ether oxygens (including phenoxy) is 4. The van der Waals surface area contributed by atoms with Gasteiger partial charge in [-0.3, -0.25) is 4.18 Å². The molecular formula is C21H31NO10S. The minimum absolute atomic E-state index is 0.0232. The molecule has 0 saturated carbocycles. The van der Waals surface area contributed by atoms with Crippen LogP contribution >= 0.6 is 0 Å². The van der Waals surface area contributed by atoms with Gasteiger partial charge in [0.15, 0.2) is 6.10 Å². The fraction of sp³-hybridized carbons (Fsp3) is 0.571. The van der Waals surface area contributed by atoms with Crippen molar-refractivity contribution in [3.63, 3.8) is 0 Å². The van der Waals surface area contributed by atoms with Crippen molar-refractivity contribution >= 4 is 28.1 Å². The maximum absolute atomic E-state index is 12.2. The SMILES string of the molecule is COC(=O)C(C[C@H](OCCOS(=O)(=O)c1ccc(C)cc1)C(=O)OC)NC(=O)OC(C)(C)C. The van der Waals surface area contributed by atoms with E-state index < -0.39 is 52.5 Å². The van der Waals surface area contributed by atoms with E-state index in [1.54, 1.807) is 32.9 Å². The van der Waals surface area contributed by atoms with Gasteiger partial charge in [0.25, 0.3) is 10.1 Å². The standard InChI is InChI=1S/C21H31NO10S/c1-14-7-9-15(10-8-14)33(26,27)31-12-11-30-17(19(24)29-6)13-16(18(23)28-5)22-20(25)32-21(2,3)4/h7-10,16-17H,11-13H2,1-6H3,(H,22,25)/t16?,17-/m0/s1. The molecule has 0 fully saturated rings. The van der Waals surface area contributed by atoms with Crippen LogP contribution in [-0.4, -0.2) is 71.6 Å². The number of amides is 1. The molecule has 11 nitrogen and oxygen atoms in total. The van der Waals surface area contributed by atoms with Crippen LogP contribution in [0.3, 0.4) is 0 Å². The zero-order valence-electron chi connectivity index (χ0n) is 19.6. The summed E-state index contributed by atoms with van der Waals surface area (Å²) in [4.78, 5) is 36.2. The Labute approximate surface area is 193 Å². The average molecular weight is 490 g/mol. The summed E-state index contributed by atoms with van der Waals surface area (Å²) in [5, 5.41) is 2.32. The van der Waals surface area contributed by atoms with Gasteiger partial charge >= 0.3 is 18.0 Å². The molecular weight excluding hydrogens is 458 g/mol. The van der Waals surface area contributed by atoms with E-state index in [9.17, 15) is 22.8 Å². The quantitative estimate of drug-likeness (QED) is 0.211. The molecule has 1 aromatic rings. The van der Waals surface area contributed by atoms with Crippen molar-refractivity contribution < 1.29 is 45.9 Å². The maximum Gasteiger partial charge on any atom is 0.408 e. The second kappa shape index (κ2) is 12.5. The molecule has 0 aliphatic carbocycles. The maximum atomic E-state index is 12.2. The number of aryl methyl sites for hydroxylation is 1. The van der Waals surface area contributed by atoms with Gasteiger partial charge in [0.1, 0.15) is 11.6 Å². The lowest BCUT2D eigenvalue weighted by Crippen LogP contribution is -2.47. The van der Waals surface area contributed by atoms with Crippen LogP contribution in [0.15, 0.2) is 29.2 Å². The van der Waals surface area contributed by atoms with Crippen molar-refractivity contribution in [1.29, 1.82) is 0 Å². The molecule has 1 N–H and O–H groups in total. The molecule has 0 aromatic heterocycles. The van der Waals surface area contributed by atoms with E-state index in [1.165, 1.54) is 12.1 Å². The fourth-order valence-corrected chi connectivity index (χ4v) is 3.38. The molecule has 0 spiro atoms. The summed E-state index contributed by atoms with van der Waals surface area (Å²) >= 11 is 0. The molecule has 1 rings (SSSR count). The molecule has 0 saturated heterocycles. The molecule has 0 aliphatic heterocycles. The number of carbonyl (C=O) groups is 3. The number of hydrogen-bond acceptors (Lipinski definition) is 10. The first-order chi connectivity index (χ1) is 15.3. The monoisotopic (exact) mass is 489 g/mol. The molecule has 2 atom stereocenters. The summed E-state index contributed by atoms with van der Waals surface area (Å²) in [5.74, 6) is -1.67. The summed E-state index contributed by atoms with van der Waals surface area (Å²) in [6.45, 7) is 6.04. The van der Waals surface area contributed by atoms with Crippen LogP contribution in [0.25, 0.3) is 0 Å². The lowest BCUT2D eigenvalue weighted by Gasteiger charge is -2.24. The van der Waals surface area contributed by atoms with E-state index in [4.69, 9.17) is 13.7 Å². The number of esters is 2. The van der Waals surface area contributed by atoms with Crippen LogP contribution in [0, 0.1) is 6.92 Å². The topological polar surface area (TPSA) is 144 Å². The summed E-state index contributed by atoms with van der Waals surface area (Å²) in [6, 6.07) is 4.79. The lowest BCUT2D eigenvalue weighted by atomic mass is 10.1. The summed E-state index contributed by atoms with van der Waals surface area (Å²) in [5.41, 5.74) is 0.0712. The van der Waals surface area contributed by atoms with Gasteiger partial charge in [0, 0.05) is 6.42 Å². The highest BCUT2D eigenvalue weighted by Gasteiger charge is 2.32. The highest BCUT2D eigenvalue weighted by Crippen LogP contribution is 2.14. The van der Waals surface area contributed by atoms with E-state index in [0.717, 1.165) is 19.8 Å². The first kappa shape index (κ1) is 28.3. The number of benzene rings is 1. The van der Waals surface area contributed by atoms with Crippen LogP contribution in [0.2, 0.25) is 0 Å². The molecule has 1 amide bonds. The minimum atomic E-state index is -4.02. The highest BCUT2D eigenvalue weighted by molar-refractivity contribution is 7.86. The van der Waals surface area contributed by atoms with Gasteiger partial charge in [-0.1, -0.05) is 17.7 Å². The van der Waals surface area contributed by atoms with Crippen LogP contribution < -0.4 is 5.32 Å². The summed E-state index contributed by atoms with van der Waals surface area (Å²) in [7, 11) is -1.79. The molecule has 33 heavy (non-hydrogen) atoms. The molecule has 1 aromatic carbocycles. The van der Waals surface area contributed by atoms with Crippen LogP contribution in [0.5, 0.6) is 0 Å². The third kappa shape index (κ3) is 10.2. The van der Waals surface area contributed by atoms with Crippen molar-refractivity contribution in [2.75, 3.05) is 27.4 Å². The molecule has 186 valence electrons. The fourth-order valence-electron chi connectivity index (χ4n) is 2.49. The molecule has 1 unspecified atom stereocenters. The zero-order chi connectivity index (χ0) is 25.2. The van der Waals surface area contributed by atoms with Gasteiger partial charge in [-0.15, -0.1) is 0 Å². The molecule has 0 heterocycles. The van der Waals surface area contributed by atoms with Crippen LogP contribution in [0.4, 0.5) is 4.79 Å². The predicted molar refractivity (Wildman–Crippen MR) is 116 cm³/mol. The Kier molecular flexibility index (Phi) is 10.7. The average Bonchev–Trinajstić information content (AvgIpc) is 2.72. The van der Waals surface area contributed by atoms with Crippen LogP contribution in [-0.2, 0) is 42.8 Å². The van der Waals surface area contributed by atoms with Crippen molar-refractivity contribution in [2.45, 2.75) is 56.8 Å². The first-order valence-electron chi connectivity index (χ1n) is 10.0. The smallest absolute Gasteiger partial charge is 0.408 e. The summed E-state index contributed by atoms with van der Waals surface area (Å²) < 4.78 is 49.2. The second-order valence-corrected chi connectivity index (χ2v) is 9.54. The molecule has 0 bridgehead atoms. The minimum Gasteiger partial charge on any atom is -0.467 e. The predicted octanol–water partition coefficient (Wildman–Crippen LogP) is 1.71. The number of methoxy groups -OCH3 is 2. The Morgan fingerprint density at radius 3 is 2.06 bits per heavy atom. The number of hydrogen-bond donors (Lipinski definition) is 1. The Morgan fingerprint density at radius 1 is 0.970 bits per heavy atom. The van der Waals surface area contributed by atoms with Crippen molar-refractivity contribution in [3.8, 4) is 0 Å². The zero-order valence-corrected chi connectivity index (χ0v) is 20.4. The molecule has 0 aliphatic rings. The van der Waals surface area contributed by atoms with Gasteiger partial charge < -0.3 is 24.3 Å². The van der Waals surface area contributed by atoms with E-state index in [0.29, 0.717) is 0 Å². The van der Waals surface area contributed by atoms with Crippen molar-refractivity contribution in [1.82, 2.24) is 5.32 Å². The van der Waals surface area contributed by atoms with Crippen LogP contribution in [0.1, 0.15) is 32.8 Å². The van der Waals surface area contributed by atoms with Gasteiger partial charge in [-0.05, 0) is 39.8 Å². The molecule has 0 radical (unpaired) electrons. The van der Waals surface area contributed by atoms with E-state index in [1.807, 2.05) is 6.92 Å². The van der Waals surface area contributed by atoms with Gasteiger partial charge in [-0.25, -0.2) is 14.4 Å². The Hall–Kier alpha value is -2.70. The third-order valence-corrected chi connectivity index (χ3v) is 5.37. The highest BCUT2D eigenvalue weighted by atomic mass is 32.2. The number of nitrogens with one attached hydrogen (secondary N) is 1. The number of rotatable bonds is 11. The van der Waals surface area contributed by atoms with Gasteiger partial charge in [0.05, 0.1) is 32.3 Å². The van der Waals surface area contributed by atoms with E-state index >= 15 is 0 Å². The van der Waals surface area contributed by atoms with Gasteiger partial charge in [-0.2, -0.15) is 8.42 Å². The number of alkyl carbamates (subject to hydrolysis) is 1. The summed E-state index contributed by atoms with van der Waals surface area (Å²) in [6.07, 6.45) is -2.56. The van der Waals surface area contributed by atoms with Gasteiger partial charge in [0.2, 0.25) is 0 Å². The third-order valence-electron chi connectivity index (χ3n) is 4.04. The van der Waals surface area contributed by atoms with E-state index in [2.05, 4.69) is 14.8 Å². The van der Waals surface area contributed by atoms with Crippen molar-refractivity contribution in [2.24, 2.45) is 0 Å². The number of carbonyl (C=O) groups excluding carboxylic acids is 3. The van der Waals surface area contributed by atoms with E-state index in [-0.39, 0.29) is 17.9 Å². The molecule has 12 heteroatoms. The Balaban J connectivity index is 2.77. The largest absolute Gasteiger partial charge is 0.467 e. The second-order valence-electron chi connectivity index (χ2n) is 7.93.